The fourth-order valence-corrected chi connectivity index (χ4v) is 3.27. The van der Waals surface area contributed by atoms with Gasteiger partial charge in [-0.25, -0.2) is 0 Å². The van der Waals surface area contributed by atoms with E-state index in [4.69, 9.17) is 4.74 Å². The Kier molecular flexibility index (Phi) is 6.65. The summed E-state index contributed by atoms with van der Waals surface area (Å²) in [4.78, 5) is 0. The molecule has 84 valence electrons. The average Bonchev–Trinajstić information content (AvgIpc) is 2.26. The molecular formula is C11H23NOS. The molecule has 0 aromatic carbocycles. The number of nitrogens with one attached hydrogen (secondary N) is 1. The van der Waals surface area contributed by atoms with Crippen molar-refractivity contribution in [3.63, 3.8) is 0 Å². The summed E-state index contributed by atoms with van der Waals surface area (Å²) in [6.45, 7) is 3.93. The van der Waals surface area contributed by atoms with E-state index in [1.807, 2.05) is 0 Å². The Morgan fingerprint density at radius 3 is 2.93 bits per heavy atom. The van der Waals surface area contributed by atoms with E-state index in [1.165, 1.54) is 25.0 Å². The van der Waals surface area contributed by atoms with E-state index in [-0.39, 0.29) is 0 Å². The van der Waals surface area contributed by atoms with Gasteiger partial charge in [0.1, 0.15) is 0 Å². The Bertz CT molecular complexity index is 137. The average molecular weight is 217 g/mol. The molecule has 0 bridgehead atoms. The first kappa shape index (κ1) is 12.3. The van der Waals surface area contributed by atoms with Crippen molar-refractivity contribution in [3.8, 4) is 0 Å². The van der Waals surface area contributed by atoms with Crippen LogP contribution in [0.15, 0.2) is 0 Å². The van der Waals surface area contributed by atoms with Crippen molar-refractivity contribution in [2.75, 3.05) is 26.0 Å². The van der Waals surface area contributed by atoms with Gasteiger partial charge in [-0.2, -0.15) is 11.8 Å². The maximum atomic E-state index is 5.61. The van der Waals surface area contributed by atoms with Crippen LogP contribution in [0.2, 0.25) is 0 Å². The standard InChI is InChI=1S/C11H23NOS/c1-3-7-13-9-10(12-2)11-6-4-5-8-14-11/h10-12H,3-9H2,1-2H3. The van der Waals surface area contributed by atoms with Gasteiger partial charge in [0.25, 0.3) is 0 Å². The Morgan fingerprint density at radius 2 is 2.36 bits per heavy atom. The maximum Gasteiger partial charge on any atom is 0.0630 e. The molecule has 2 atom stereocenters. The van der Waals surface area contributed by atoms with Crippen molar-refractivity contribution >= 4 is 11.8 Å². The second kappa shape index (κ2) is 7.55. The quantitative estimate of drug-likeness (QED) is 0.690. The highest BCUT2D eigenvalue weighted by Crippen LogP contribution is 2.27. The SMILES string of the molecule is CCCOCC(NC)C1CCCCS1. The first-order valence-electron chi connectivity index (χ1n) is 5.75. The zero-order valence-corrected chi connectivity index (χ0v) is 10.2. The zero-order valence-electron chi connectivity index (χ0n) is 9.42. The van der Waals surface area contributed by atoms with Crippen LogP contribution >= 0.6 is 11.8 Å². The molecule has 0 aliphatic carbocycles. The zero-order chi connectivity index (χ0) is 10.2. The lowest BCUT2D eigenvalue weighted by Gasteiger charge is -2.29. The van der Waals surface area contributed by atoms with Crippen LogP contribution in [0.1, 0.15) is 32.6 Å². The third kappa shape index (κ3) is 4.20. The van der Waals surface area contributed by atoms with Crippen LogP contribution in [-0.2, 0) is 4.74 Å². The molecular weight excluding hydrogens is 194 g/mol. The van der Waals surface area contributed by atoms with Crippen LogP contribution in [0.3, 0.4) is 0 Å². The minimum Gasteiger partial charge on any atom is -0.380 e. The fraction of sp³-hybridized carbons (Fsp3) is 1.00. The third-order valence-corrected chi connectivity index (χ3v) is 4.20. The van der Waals surface area contributed by atoms with Crippen molar-refractivity contribution in [2.24, 2.45) is 0 Å². The molecule has 3 heteroatoms. The lowest BCUT2D eigenvalue weighted by atomic mass is 10.1. The molecule has 14 heavy (non-hydrogen) atoms. The first-order valence-corrected chi connectivity index (χ1v) is 6.80. The highest BCUT2D eigenvalue weighted by atomic mass is 32.2. The molecule has 2 nitrogen and oxygen atoms in total. The summed E-state index contributed by atoms with van der Waals surface area (Å²) < 4.78 is 5.61. The molecule has 1 fully saturated rings. The molecule has 0 aromatic rings. The van der Waals surface area contributed by atoms with E-state index in [2.05, 4.69) is 31.1 Å². The molecule has 1 heterocycles. The summed E-state index contributed by atoms with van der Waals surface area (Å²) in [7, 11) is 2.05. The van der Waals surface area contributed by atoms with Gasteiger partial charge in [-0.1, -0.05) is 13.3 Å². The van der Waals surface area contributed by atoms with Gasteiger partial charge in [-0.3, -0.25) is 0 Å². The van der Waals surface area contributed by atoms with Gasteiger partial charge in [0.05, 0.1) is 6.61 Å². The summed E-state index contributed by atoms with van der Waals surface area (Å²) in [5.41, 5.74) is 0. The molecule has 2 unspecified atom stereocenters. The van der Waals surface area contributed by atoms with E-state index in [9.17, 15) is 0 Å². The molecule has 0 spiro atoms. The van der Waals surface area contributed by atoms with Gasteiger partial charge in [0.2, 0.25) is 0 Å². The summed E-state index contributed by atoms with van der Waals surface area (Å²) in [5, 5.41) is 4.15. The minimum absolute atomic E-state index is 0.548. The van der Waals surface area contributed by atoms with Crippen molar-refractivity contribution in [1.82, 2.24) is 5.32 Å². The van der Waals surface area contributed by atoms with Crippen LogP contribution in [0.25, 0.3) is 0 Å². The number of likely N-dealkylation sites (N-methyl/N-ethyl adjacent to an activating group) is 1. The number of hydrogen-bond donors (Lipinski definition) is 1. The van der Waals surface area contributed by atoms with Gasteiger partial charge < -0.3 is 10.1 Å². The highest BCUT2D eigenvalue weighted by molar-refractivity contribution is 8.00. The van der Waals surface area contributed by atoms with E-state index in [0.717, 1.165) is 24.9 Å². The molecule has 0 radical (unpaired) electrons. The molecule has 0 aromatic heterocycles. The Balaban J connectivity index is 2.21. The fourth-order valence-electron chi connectivity index (χ4n) is 1.81. The number of rotatable bonds is 6. The van der Waals surface area contributed by atoms with Gasteiger partial charge >= 0.3 is 0 Å². The molecule has 1 N–H and O–H groups in total. The van der Waals surface area contributed by atoms with E-state index in [1.54, 1.807) is 0 Å². The van der Waals surface area contributed by atoms with Crippen molar-refractivity contribution in [3.05, 3.63) is 0 Å². The minimum atomic E-state index is 0.548. The maximum absolute atomic E-state index is 5.61. The largest absolute Gasteiger partial charge is 0.380 e. The predicted molar refractivity (Wildman–Crippen MR) is 64.1 cm³/mol. The molecule has 1 rings (SSSR count). The number of ether oxygens (including phenoxy) is 1. The lowest BCUT2D eigenvalue weighted by Crippen LogP contribution is -2.41. The van der Waals surface area contributed by atoms with Crippen LogP contribution < -0.4 is 5.32 Å². The monoisotopic (exact) mass is 217 g/mol. The van der Waals surface area contributed by atoms with Crippen molar-refractivity contribution in [1.29, 1.82) is 0 Å². The van der Waals surface area contributed by atoms with E-state index >= 15 is 0 Å². The van der Waals surface area contributed by atoms with Crippen LogP contribution in [0.4, 0.5) is 0 Å². The molecule has 0 saturated carbocycles. The van der Waals surface area contributed by atoms with Crippen LogP contribution in [0.5, 0.6) is 0 Å². The van der Waals surface area contributed by atoms with Crippen molar-refractivity contribution < 1.29 is 4.74 Å². The summed E-state index contributed by atoms with van der Waals surface area (Å²) in [6.07, 6.45) is 5.26. The predicted octanol–water partition coefficient (Wildman–Crippen LogP) is 2.29. The molecule has 1 saturated heterocycles. The Morgan fingerprint density at radius 1 is 1.50 bits per heavy atom. The topological polar surface area (TPSA) is 21.3 Å². The molecule has 0 amide bonds. The van der Waals surface area contributed by atoms with Gasteiger partial charge in [0, 0.05) is 17.9 Å². The van der Waals surface area contributed by atoms with Gasteiger partial charge in [-0.15, -0.1) is 0 Å². The third-order valence-electron chi connectivity index (χ3n) is 2.68. The summed E-state index contributed by atoms with van der Waals surface area (Å²) in [5.74, 6) is 1.33. The molecule has 1 aliphatic rings. The second-order valence-corrected chi connectivity index (χ2v) is 5.22. The summed E-state index contributed by atoms with van der Waals surface area (Å²) >= 11 is 2.11. The number of thioether (sulfide) groups is 1. The Labute approximate surface area is 92.2 Å². The Hall–Kier alpha value is 0.270. The highest BCUT2D eigenvalue weighted by Gasteiger charge is 2.22. The van der Waals surface area contributed by atoms with Gasteiger partial charge in [0.15, 0.2) is 0 Å². The summed E-state index contributed by atoms with van der Waals surface area (Å²) in [6, 6.07) is 0.548. The van der Waals surface area contributed by atoms with E-state index < -0.39 is 0 Å². The first-order chi connectivity index (χ1) is 6.88. The van der Waals surface area contributed by atoms with E-state index in [0.29, 0.717) is 6.04 Å². The van der Waals surface area contributed by atoms with Crippen LogP contribution in [0, 0.1) is 0 Å². The van der Waals surface area contributed by atoms with Crippen LogP contribution in [-0.4, -0.2) is 37.3 Å². The molecule has 1 aliphatic heterocycles. The normalized spacial score (nSPS) is 24.9. The smallest absolute Gasteiger partial charge is 0.0630 e. The lowest BCUT2D eigenvalue weighted by molar-refractivity contribution is 0.112. The number of hydrogen-bond acceptors (Lipinski definition) is 3. The van der Waals surface area contributed by atoms with Crippen molar-refractivity contribution in [2.45, 2.75) is 43.9 Å². The second-order valence-electron chi connectivity index (χ2n) is 3.88. The van der Waals surface area contributed by atoms with Gasteiger partial charge in [-0.05, 0) is 32.1 Å².